The number of hydrogen-bond donors (Lipinski definition) is 2. The van der Waals surface area contributed by atoms with Crippen molar-refractivity contribution in [2.24, 2.45) is 5.84 Å². The normalized spacial score (nSPS) is 12.4. The van der Waals surface area contributed by atoms with Crippen LogP contribution in [0.1, 0.15) is 22.9 Å². The molecule has 1 heterocycles. The number of nitrogens with one attached hydrogen (secondary N) is 1. The van der Waals surface area contributed by atoms with Crippen LogP contribution in [-0.2, 0) is 6.42 Å². The van der Waals surface area contributed by atoms with Crippen molar-refractivity contribution in [1.82, 2.24) is 10.4 Å². The van der Waals surface area contributed by atoms with Crippen molar-refractivity contribution in [3.8, 4) is 0 Å². The van der Waals surface area contributed by atoms with Crippen LogP contribution in [0, 0.1) is 12.7 Å². The van der Waals surface area contributed by atoms with Gasteiger partial charge in [0.05, 0.1) is 16.8 Å². The summed E-state index contributed by atoms with van der Waals surface area (Å²) in [6.45, 7) is 1.96. The summed E-state index contributed by atoms with van der Waals surface area (Å²) in [5, 5.41) is 0.135. The maximum absolute atomic E-state index is 13.4. The molecule has 2 aromatic rings. The molecule has 3 N–H and O–H groups in total. The summed E-state index contributed by atoms with van der Waals surface area (Å²) in [6, 6.07) is 8.37. The Morgan fingerprint density at radius 3 is 2.84 bits per heavy atom. The summed E-state index contributed by atoms with van der Waals surface area (Å²) in [7, 11) is 0. The molecule has 0 saturated heterocycles. The highest BCUT2D eigenvalue weighted by Crippen LogP contribution is 2.25. The van der Waals surface area contributed by atoms with Crippen LogP contribution >= 0.6 is 11.6 Å². The minimum atomic E-state index is -0.423. The molecular weight excluding hydrogens is 265 g/mol. The first kappa shape index (κ1) is 13.9. The van der Waals surface area contributed by atoms with E-state index in [1.807, 2.05) is 19.1 Å². The second-order valence-corrected chi connectivity index (χ2v) is 4.72. The van der Waals surface area contributed by atoms with E-state index in [1.54, 1.807) is 18.3 Å². The van der Waals surface area contributed by atoms with Crippen molar-refractivity contribution in [1.29, 1.82) is 0 Å². The molecule has 0 bridgehead atoms. The Morgan fingerprint density at radius 1 is 1.37 bits per heavy atom. The molecule has 1 unspecified atom stereocenters. The molecule has 19 heavy (non-hydrogen) atoms. The lowest BCUT2D eigenvalue weighted by Crippen LogP contribution is -2.31. The topological polar surface area (TPSA) is 50.9 Å². The monoisotopic (exact) mass is 279 g/mol. The van der Waals surface area contributed by atoms with Crippen LogP contribution in [0.5, 0.6) is 0 Å². The minimum Gasteiger partial charge on any atom is -0.271 e. The number of pyridine rings is 1. The molecular formula is C14H15ClFN3. The van der Waals surface area contributed by atoms with Crippen molar-refractivity contribution in [3.05, 3.63) is 64.2 Å². The van der Waals surface area contributed by atoms with Gasteiger partial charge in [-0.2, -0.15) is 0 Å². The summed E-state index contributed by atoms with van der Waals surface area (Å²) in [5.41, 5.74) is 5.28. The molecule has 0 aliphatic rings. The number of hydrazine groups is 1. The highest BCUT2D eigenvalue weighted by atomic mass is 35.5. The highest BCUT2D eigenvalue weighted by Gasteiger charge is 2.16. The van der Waals surface area contributed by atoms with Gasteiger partial charge in [-0.1, -0.05) is 29.8 Å². The molecule has 0 aliphatic carbocycles. The largest absolute Gasteiger partial charge is 0.271 e. The fourth-order valence-corrected chi connectivity index (χ4v) is 2.23. The van der Waals surface area contributed by atoms with E-state index in [2.05, 4.69) is 10.4 Å². The zero-order valence-electron chi connectivity index (χ0n) is 10.5. The van der Waals surface area contributed by atoms with Gasteiger partial charge in [-0.15, -0.1) is 0 Å². The van der Waals surface area contributed by atoms with E-state index < -0.39 is 5.82 Å². The number of benzene rings is 1. The van der Waals surface area contributed by atoms with Gasteiger partial charge in [-0.25, -0.2) is 4.39 Å². The molecule has 2 rings (SSSR count). The van der Waals surface area contributed by atoms with E-state index >= 15 is 0 Å². The Hall–Kier alpha value is -1.49. The van der Waals surface area contributed by atoms with Crippen LogP contribution in [0.15, 0.2) is 36.5 Å². The number of nitrogens with two attached hydrogens (primary N) is 1. The van der Waals surface area contributed by atoms with E-state index in [0.717, 1.165) is 11.3 Å². The third-order valence-corrected chi connectivity index (χ3v) is 3.46. The molecule has 0 radical (unpaired) electrons. The smallest absolute Gasteiger partial charge is 0.142 e. The van der Waals surface area contributed by atoms with E-state index in [9.17, 15) is 4.39 Å². The minimum absolute atomic E-state index is 0.135. The number of hydrogen-bond acceptors (Lipinski definition) is 3. The Balaban J connectivity index is 2.30. The first-order valence-electron chi connectivity index (χ1n) is 5.94. The zero-order valence-corrected chi connectivity index (χ0v) is 11.3. The maximum Gasteiger partial charge on any atom is 0.142 e. The van der Waals surface area contributed by atoms with Crippen LogP contribution in [0.4, 0.5) is 4.39 Å². The van der Waals surface area contributed by atoms with Gasteiger partial charge in [-0.3, -0.25) is 16.3 Å². The molecule has 0 fully saturated rings. The van der Waals surface area contributed by atoms with Crippen LogP contribution in [0.2, 0.25) is 5.02 Å². The van der Waals surface area contributed by atoms with Gasteiger partial charge in [0.25, 0.3) is 0 Å². The lowest BCUT2D eigenvalue weighted by molar-refractivity contribution is 0.533. The summed E-state index contributed by atoms with van der Waals surface area (Å²) < 4.78 is 13.4. The highest BCUT2D eigenvalue weighted by molar-refractivity contribution is 6.31. The Kier molecular flexibility index (Phi) is 4.47. The van der Waals surface area contributed by atoms with Crippen molar-refractivity contribution in [2.75, 3.05) is 0 Å². The van der Waals surface area contributed by atoms with Crippen molar-refractivity contribution < 1.29 is 4.39 Å². The molecule has 1 aromatic heterocycles. The second kappa shape index (κ2) is 6.10. The molecule has 0 amide bonds. The standard InChI is InChI=1S/C14H15ClFN3/c1-9-4-3-7-18-14(9)12(19-17)8-10-5-2-6-11(16)13(10)15/h2-7,12,19H,8,17H2,1H3. The summed E-state index contributed by atoms with van der Waals surface area (Å²) >= 11 is 5.96. The molecule has 1 aromatic carbocycles. The number of rotatable bonds is 4. The van der Waals surface area contributed by atoms with E-state index in [1.165, 1.54) is 6.07 Å². The lowest BCUT2D eigenvalue weighted by Gasteiger charge is -2.18. The fraction of sp³-hybridized carbons (Fsp3) is 0.214. The first-order chi connectivity index (χ1) is 9.13. The molecule has 0 aliphatic heterocycles. The summed E-state index contributed by atoms with van der Waals surface area (Å²) in [5.74, 6) is 5.16. The van der Waals surface area contributed by atoms with Crippen molar-refractivity contribution in [2.45, 2.75) is 19.4 Å². The average Bonchev–Trinajstić information content (AvgIpc) is 2.41. The van der Waals surface area contributed by atoms with Gasteiger partial charge >= 0.3 is 0 Å². The lowest BCUT2D eigenvalue weighted by atomic mass is 10.0. The summed E-state index contributed by atoms with van der Waals surface area (Å²) in [4.78, 5) is 4.32. The maximum atomic E-state index is 13.4. The molecule has 5 heteroatoms. The molecule has 1 atom stereocenters. The van der Waals surface area contributed by atoms with Crippen LogP contribution in [0.25, 0.3) is 0 Å². The summed E-state index contributed by atoms with van der Waals surface area (Å²) in [6.07, 6.45) is 2.19. The van der Waals surface area contributed by atoms with E-state index in [4.69, 9.17) is 17.4 Å². The number of halogens is 2. The van der Waals surface area contributed by atoms with Gasteiger partial charge in [-0.05, 0) is 36.6 Å². The Labute approximate surface area is 116 Å². The van der Waals surface area contributed by atoms with Gasteiger partial charge < -0.3 is 0 Å². The molecule has 0 saturated carbocycles. The van der Waals surface area contributed by atoms with Gasteiger partial charge in [0.15, 0.2) is 0 Å². The van der Waals surface area contributed by atoms with Crippen LogP contribution < -0.4 is 11.3 Å². The van der Waals surface area contributed by atoms with Crippen molar-refractivity contribution in [3.63, 3.8) is 0 Å². The van der Waals surface area contributed by atoms with Crippen LogP contribution in [0.3, 0.4) is 0 Å². The first-order valence-corrected chi connectivity index (χ1v) is 6.31. The van der Waals surface area contributed by atoms with E-state index in [-0.39, 0.29) is 11.1 Å². The zero-order chi connectivity index (χ0) is 13.8. The fourth-order valence-electron chi connectivity index (χ4n) is 2.02. The number of aromatic nitrogens is 1. The quantitative estimate of drug-likeness (QED) is 0.668. The van der Waals surface area contributed by atoms with E-state index in [0.29, 0.717) is 12.0 Å². The number of aryl methyl sites for hydroxylation is 1. The number of nitrogens with zero attached hydrogens (tertiary/aromatic N) is 1. The van der Waals surface area contributed by atoms with Gasteiger partial charge in [0.2, 0.25) is 0 Å². The molecule has 100 valence electrons. The van der Waals surface area contributed by atoms with Gasteiger partial charge in [0.1, 0.15) is 5.82 Å². The Bertz CT molecular complexity index is 574. The van der Waals surface area contributed by atoms with Gasteiger partial charge in [0, 0.05) is 6.20 Å². The van der Waals surface area contributed by atoms with Crippen molar-refractivity contribution >= 4 is 11.6 Å². The third kappa shape index (κ3) is 3.10. The Morgan fingerprint density at radius 2 is 2.16 bits per heavy atom. The predicted octanol–water partition coefficient (Wildman–Crippen LogP) is 2.93. The molecule has 3 nitrogen and oxygen atoms in total. The second-order valence-electron chi connectivity index (χ2n) is 4.34. The third-order valence-electron chi connectivity index (χ3n) is 3.04. The molecule has 0 spiro atoms. The average molecular weight is 280 g/mol. The SMILES string of the molecule is Cc1cccnc1C(Cc1cccc(F)c1Cl)NN. The predicted molar refractivity (Wildman–Crippen MR) is 74.2 cm³/mol. The van der Waals surface area contributed by atoms with Crippen LogP contribution in [-0.4, -0.2) is 4.98 Å².